The molecule has 5 heterocycles. The van der Waals surface area contributed by atoms with Gasteiger partial charge in [-0.2, -0.15) is 4.37 Å². The molecule has 0 spiro atoms. The molecule has 0 atom stereocenters. The van der Waals surface area contributed by atoms with E-state index in [4.69, 9.17) is 0 Å². The molecule has 0 bridgehead atoms. The van der Waals surface area contributed by atoms with E-state index >= 15 is 0 Å². The van der Waals surface area contributed by atoms with Gasteiger partial charge in [-0.3, -0.25) is 14.2 Å². The zero-order valence-corrected chi connectivity index (χ0v) is 17.0. The van der Waals surface area contributed by atoms with Gasteiger partial charge in [0.2, 0.25) is 16.5 Å². The first kappa shape index (κ1) is 19.8. The monoisotopic (exact) mass is 455 g/mol. The molecular weight excluding hydrogens is 441 g/mol. The van der Waals surface area contributed by atoms with E-state index in [0.29, 0.717) is 5.82 Å². The lowest BCUT2D eigenvalue weighted by Gasteiger charge is -2.39. The molecule has 11 nitrogen and oxygen atoms in total. The number of aromatic carboxylic acids is 1. The Bertz CT molecular complexity index is 1400. The Kier molecular flexibility index (Phi) is 4.66. The molecular formula is C19H14FN7O4S. The summed E-state index contributed by atoms with van der Waals surface area (Å²) in [5.41, 5.74) is -1.34. The maximum Gasteiger partial charge on any atom is 0.341 e. The highest BCUT2D eigenvalue weighted by Gasteiger charge is 2.35. The first-order valence-corrected chi connectivity index (χ1v) is 10.1. The van der Waals surface area contributed by atoms with Crippen molar-refractivity contribution in [2.45, 2.75) is 0 Å². The predicted octanol–water partition coefficient (Wildman–Crippen LogP) is 1.48. The number of nitrogens with zero attached hydrogens (tertiary/aromatic N) is 5. The number of fused-ring (bicyclic) bond motifs is 1. The molecule has 4 aromatic heterocycles. The number of amides is 1. The van der Waals surface area contributed by atoms with E-state index in [2.05, 4.69) is 24.6 Å². The van der Waals surface area contributed by atoms with Gasteiger partial charge in [0.05, 0.1) is 11.3 Å². The number of rotatable bonds is 5. The molecule has 1 aliphatic heterocycles. The number of H-pyrrole nitrogens is 1. The summed E-state index contributed by atoms with van der Waals surface area (Å²) in [4.78, 5) is 49.2. The van der Waals surface area contributed by atoms with Crippen molar-refractivity contribution in [3.63, 3.8) is 0 Å². The van der Waals surface area contributed by atoms with Crippen LogP contribution in [0.1, 0.15) is 10.4 Å². The summed E-state index contributed by atoms with van der Waals surface area (Å²) in [6.45, 7) is 0.469. The fourth-order valence-corrected chi connectivity index (χ4v) is 3.98. The van der Waals surface area contributed by atoms with Crippen molar-refractivity contribution in [2.75, 3.05) is 23.3 Å². The van der Waals surface area contributed by atoms with Crippen LogP contribution in [0.4, 0.5) is 16.0 Å². The number of pyridine rings is 2. The molecule has 5 rings (SSSR count). The van der Waals surface area contributed by atoms with Crippen LogP contribution in [0.5, 0.6) is 0 Å². The van der Waals surface area contributed by atoms with Gasteiger partial charge in [0.1, 0.15) is 17.7 Å². The van der Waals surface area contributed by atoms with E-state index in [-0.39, 0.29) is 46.9 Å². The number of nitrogens with one attached hydrogen (secondary N) is 2. The highest BCUT2D eigenvalue weighted by atomic mass is 32.1. The minimum absolute atomic E-state index is 0.0397. The van der Waals surface area contributed by atoms with E-state index in [0.717, 1.165) is 23.8 Å². The average molecular weight is 455 g/mol. The lowest BCUT2D eigenvalue weighted by atomic mass is 9.99. The number of carbonyl (C=O) groups is 2. The molecule has 13 heteroatoms. The summed E-state index contributed by atoms with van der Waals surface area (Å²) in [5.74, 6) is -2.28. The fraction of sp³-hybridized carbons (Fsp3) is 0.158. The largest absolute Gasteiger partial charge is 0.477 e. The quantitative estimate of drug-likeness (QED) is 0.410. The van der Waals surface area contributed by atoms with Crippen molar-refractivity contribution in [1.82, 2.24) is 23.9 Å². The number of hydrogen-bond donors (Lipinski definition) is 3. The molecule has 1 aliphatic rings. The van der Waals surface area contributed by atoms with Crippen LogP contribution in [0.25, 0.3) is 16.2 Å². The molecule has 3 N–H and O–H groups in total. The summed E-state index contributed by atoms with van der Waals surface area (Å²) >= 11 is 0.965. The maximum atomic E-state index is 14.9. The van der Waals surface area contributed by atoms with Gasteiger partial charge in [0.25, 0.3) is 0 Å². The molecule has 0 saturated carbocycles. The van der Waals surface area contributed by atoms with Crippen molar-refractivity contribution in [3.8, 4) is 5.13 Å². The first-order valence-electron chi connectivity index (χ1n) is 9.38. The Hall–Kier alpha value is -4.13. The number of carboxylic acids is 1. The van der Waals surface area contributed by atoms with Gasteiger partial charge in [-0.05, 0) is 18.2 Å². The van der Waals surface area contributed by atoms with Crippen molar-refractivity contribution in [3.05, 3.63) is 58.5 Å². The summed E-state index contributed by atoms with van der Waals surface area (Å²) in [6.07, 6.45) is 4.06. The van der Waals surface area contributed by atoms with E-state index in [1.54, 1.807) is 23.2 Å². The van der Waals surface area contributed by atoms with Gasteiger partial charge >= 0.3 is 5.97 Å². The van der Waals surface area contributed by atoms with Crippen molar-refractivity contribution < 1.29 is 19.1 Å². The van der Waals surface area contributed by atoms with Crippen LogP contribution in [-0.4, -0.2) is 54.0 Å². The van der Waals surface area contributed by atoms with Crippen molar-refractivity contribution in [2.24, 2.45) is 5.92 Å². The highest BCUT2D eigenvalue weighted by molar-refractivity contribution is 7.08. The zero-order valence-electron chi connectivity index (χ0n) is 16.1. The molecule has 0 unspecified atom stereocenters. The van der Waals surface area contributed by atoms with Crippen LogP contribution in [0.3, 0.4) is 0 Å². The van der Waals surface area contributed by atoms with Crippen LogP contribution in [0.2, 0.25) is 0 Å². The van der Waals surface area contributed by atoms with Crippen molar-refractivity contribution in [1.29, 1.82) is 0 Å². The van der Waals surface area contributed by atoms with E-state index in [1.165, 1.54) is 10.9 Å². The SMILES string of the molecule is O=C(O)c1cn(-c2ncns2)c2nc(N3CC(C(=O)Nc4ccc[nH]4)C3)c(F)cc2c1=O. The van der Waals surface area contributed by atoms with E-state index in [9.17, 15) is 23.9 Å². The number of aromatic nitrogens is 5. The van der Waals surface area contributed by atoms with Gasteiger partial charge in [0.15, 0.2) is 17.3 Å². The standard InChI is InChI=1S/C19H14FN7O4S/c20-12-4-10-14(28)11(18(30)31)7-27(19-22-8-23-32-19)15(10)25-16(12)26-5-9(6-26)17(29)24-13-2-1-3-21-13/h1-4,7-9,21H,5-6H2,(H,24,29)(H,30,31). The van der Waals surface area contributed by atoms with E-state index in [1.807, 2.05) is 0 Å². The number of anilines is 2. The fourth-order valence-electron chi connectivity index (χ4n) is 3.47. The van der Waals surface area contributed by atoms with Crippen LogP contribution in [0.15, 0.2) is 41.7 Å². The average Bonchev–Trinajstić information content (AvgIpc) is 3.42. The molecule has 0 radical (unpaired) electrons. The normalized spacial score (nSPS) is 13.8. The third-order valence-corrected chi connectivity index (χ3v) is 5.77. The molecule has 4 aromatic rings. The Labute approximate surface area is 182 Å². The van der Waals surface area contributed by atoms with Crippen LogP contribution in [0, 0.1) is 11.7 Å². The second-order valence-electron chi connectivity index (χ2n) is 7.11. The van der Waals surface area contributed by atoms with Gasteiger partial charge < -0.3 is 20.3 Å². The van der Waals surface area contributed by atoms with E-state index < -0.39 is 22.8 Å². The third kappa shape index (κ3) is 3.28. The highest BCUT2D eigenvalue weighted by Crippen LogP contribution is 2.29. The summed E-state index contributed by atoms with van der Waals surface area (Å²) in [7, 11) is 0. The number of aromatic amines is 1. The second-order valence-corrected chi connectivity index (χ2v) is 7.87. The smallest absolute Gasteiger partial charge is 0.341 e. The first-order chi connectivity index (χ1) is 15.4. The van der Waals surface area contributed by atoms with Gasteiger partial charge in [-0.15, -0.1) is 0 Å². The topological polar surface area (TPSA) is 146 Å². The molecule has 1 fully saturated rings. The predicted molar refractivity (Wildman–Crippen MR) is 113 cm³/mol. The maximum absolute atomic E-state index is 14.9. The lowest BCUT2D eigenvalue weighted by molar-refractivity contribution is -0.120. The zero-order chi connectivity index (χ0) is 22.4. The van der Waals surface area contributed by atoms with Gasteiger partial charge in [-0.25, -0.2) is 19.2 Å². The van der Waals surface area contributed by atoms with Gasteiger partial charge in [0, 0.05) is 37.0 Å². The van der Waals surface area contributed by atoms with Crippen LogP contribution >= 0.6 is 11.5 Å². The minimum Gasteiger partial charge on any atom is -0.477 e. The van der Waals surface area contributed by atoms with Gasteiger partial charge in [-0.1, -0.05) is 0 Å². The second kappa shape index (κ2) is 7.53. The summed E-state index contributed by atoms with van der Waals surface area (Å²) in [6, 6.07) is 4.44. The molecule has 32 heavy (non-hydrogen) atoms. The third-order valence-electron chi connectivity index (χ3n) is 5.11. The Morgan fingerprint density at radius 2 is 2.16 bits per heavy atom. The molecule has 0 aromatic carbocycles. The molecule has 1 saturated heterocycles. The minimum atomic E-state index is -1.45. The number of halogens is 1. The van der Waals surface area contributed by atoms with Crippen molar-refractivity contribution >= 4 is 46.1 Å². The summed E-state index contributed by atoms with van der Waals surface area (Å²) in [5, 5.41) is 12.2. The Morgan fingerprint density at radius 3 is 2.81 bits per heavy atom. The van der Waals surface area contributed by atoms with Crippen LogP contribution in [-0.2, 0) is 4.79 Å². The molecule has 1 amide bonds. The number of carbonyl (C=O) groups excluding carboxylic acids is 1. The Balaban J connectivity index is 1.50. The Morgan fingerprint density at radius 1 is 1.34 bits per heavy atom. The van der Waals surface area contributed by atoms with Crippen LogP contribution < -0.4 is 15.6 Å². The molecule has 162 valence electrons. The lowest BCUT2D eigenvalue weighted by Crippen LogP contribution is -2.52. The number of carboxylic acid groups (broad SMARTS) is 1. The molecule has 0 aliphatic carbocycles. The summed E-state index contributed by atoms with van der Waals surface area (Å²) < 4.78 is 20.1. The number of hydrogen-bond acceptors (Lipinski definition) is 8.